The van der Waals surface area contributed by atoms with Crippen LogP contribution in [0.25, 0.3) is 0 Å². The van der Waals surface area contributed by atoms with Crippen LogP contribution < -0.4 is 29.0 Å². The van der Waals surface area contributed by atoms with Gasteiger partial charge in [0.25, 0.3) is 0 Å². The summed E-state index contributed by atoms with van der Waals surface area (Å²) in [6.45, 7) is 0. The number of rotatable bonds is 0. The van der Waals surface area contributed by atoms with Gasteiger partial charge in [-0.05, 0) is 0 Å². The highest BCUT2D eigenvalue weighted by Gasteiger charge is 1.80. The van der Waals surface area contributed by atoms with E-state index in [1.807, 2.05) is 0 Å². The average molecular weight is 241 g/mol. The van der Waals surface area contributed by atoms with Crippen molar-refractivity contribution < 1.29 is 29.0 Å². The van der Waals surface area contributed by atoms with Crippen molar-refractivity contribution in [3.8, 4) is 0 Å². The molecule has 0 aliphatic heterocycles. The maximum Gasteiger partial charge on any atom is 0.168 e. The summed E-state index contributed by atoms with van der Waals surface area (Å²) in [6, 6.07) is 3.59. The van der Waals surface area contributed by atoms with Gasteiger partial charge >= 0.3 is 0 Å². The van der Waals surface area contributed by atoms with Crippen LogP contribution in [0.15, 0.2) is 24.5 Å². The summed E-state index contributed by atoms with van der Waals surface area (Å²) in [7, 11) is 0. The molecule has 0 saturated heterocycles. The second-order valence-electron chi connectivity index (χ2n) is 1.22. The van der Waals surface area contributed by atoms with Crippen molar-refractivity contribution in [3.63, 3.8) is 0 Å². The van der Waals surface area contributed by atoms with E-state index >= 15 is 0 Å². The standard InChI is InChI=1S/C5H4ClN.HI/c6-5-1-3-7-4-2-5;/h1-4H;1H. The highest BCUT2D eigenvalue weighted by atomic mass is 127. The first-order valence-electron chi connectivity index (χ1n) is 2.01. The third-order valence-electron chi connectivity index (χ3n) is 0.678. The average Bonchev–Trinajstić information content (AvgIpc) is 1.69. The van der Waals surface area contributed by atoms with Crippen molar-refractivity contribution >= 4 is 11.6 Å². The number of nitrogens with one attached hydrogen (secondary N) is 1. The third-order valence-corrected chi connectivity index (χ3v) is 0.930. The minimum absolute atomic E-state index is 0. The minimum Gasteiger partial charge on any atom is -1.00 e. The Morgan fingerprint density at radius 2 is 1.75 bits per heavy atom. The molecule has 1 aromatic heterocycles. The molecule has 1 N–H and O–H groups in total. The molecule has 0 bridgehead atoms. The number of aromatic nitrogens is 1. The van der Waals surface area contributed by atoms with E-state index in [1.165, 1.54) is 0 Å². The first kappa shape index (κ1) is 8.17. The molecule has 0 atom stereocenters. The Morgan fingerprint density at radius 3 is 2.00 bits per heavy atom. The van der Waals surface area contributed by atoms with Gasteiger partial charge in [-0.15, -0.1) is 0 Å². The Balaban J connectivity index is 0.000000490. The van der Waals surface area contributed by atoms with Crippen LogP contribution in [-0.4, -0.2) is 0 Å². The van der Waals surface area contributed by atoms with Gasteiger partial charge in [0, 0.05) is 12.1 Å². The van der Waals surface area contributed by atoms with Crippen LogP contribution in [0.1, 0.15) is 0 Å². The summed E-state index contributed by atoms with van der Waals surface area (Å²) >= 11 is 5.52. The van der Waals surface area contributed by atoms with Gasteiger partial charge in [0.1, 0.15) is 0 Å². The van der Waals surface area contributed by atoms with E-state index in [-0.39, 0.29) is 24.0 Å². The summed E-state index contributed by atoms with van der Waals surface area (Å²) in [5, 5.41) is 0.763. The SMILES string of the molecule is Clc1cc[nH+]cc1.[I-]. The lowest BCUT2D eigenvalue weighted by Crippen LogP contribution is -3.00. The molecular weight excluding hydrogens is 236 g/mol. The topological polar surface area (TPSA) is 14.1 Å². The van der Waals surface area contributed by atoms with Crippen LogP contribution >= 0.6 is 11.6 Å². The van der Waals surface area contributed by atoms with Crippen LogP contribution in [0, 0.1) is 0 Å². The normalized spacial score (nSPS) is 7.62. The first-order chi connectivity index (χ1) is 3.39. The minimum atomic E-state index is 0. The molecule has 0 unspecified atom stereocenters. The van der Waals surface area contributed by atoms with Crippen LogP contribution in [0.2, 0.25) is 5.02 Å². The lowest BCUT2D eigenvalue weighted by atomic mass is 10.5. The molecule has 0 radical (unpaired) electrons. The van der Waals surface area contributed by atoms with Crippen molar-refractivity contribution in [2.45, 2.75) is 0 Å². The van der Waals surface area contributed by atoms with Crippen molar-refractivity contribution in [2.75, 3.05) is 0 Å². The van der Waals surface area contributed by atoms with E-state index in [0.29, 0.717) is 0 Å². The Labute approximate surface area is 70.1 Å². The number of hydrogen-bond acceptors (Lipinski definition) is 0. The van der Waals surface area contributed by atoms with Gasteiger partial charge in [0.15, 0.2) is 12.4 Å². The summed E-state index contributed by atoms with van der Waals surface area (Å²) in [5.74, 6) is 0. The molecule has 0 spiro atoms. The zero-order chi connectivity index (χ0) is 5.11. The number of H-pyrrole nitrogens is 1. The molecule has 0 saturated carbocycles. The molecule has 8 heavy (non-hydrogen) atoms. The Kier molecular flexibility index (Phi) is 4.18. The molecule has 44 valence electrons. The summed E-state index contributed by atoms with van der Waals surface area (Å²) in [5.41, 5.74) is 0. The van der Waals surface area contributed by atoms with Gasteiger partial charge in [0.05, 0.1) is 5.02 Å². The highest BCUT2D eigenvalue weighted by molar-refractivity contribution is 6.30. The molecule has 0 aromatic carbocycles. The van der Waals surface area contributed by atoms with Crippen molar-refractivity contribution in [1.29, 1.82) is 0 Å². The van der Waals surface area contributed by atoms with E-state index in [0.717, 1.165) is 5.02 Å². The number of hydrogen-bond donors (Lipinski definition) is 0. The number of halogens is 2. The molecule has 1 heterocycles. The van der Waals surface area contributed by atoms with E-state index in [2.05, 4.69) is 4.98 Å². The summed E-state index contributed by atoms with van der Waals surface area (Å²) in [4.78, 5) is 2.85. The van der Waals surface area contributed by atoms with Gasteiger partial charge in [-0.2, -0.15) is 0 Å². The van der Waals surface area contributed by atoms with Gasteiger partial charge in [0.2, 0.25) is 0 Å². The quantitative estimate of drug-likeness (QED) is 0.474. The fourth-order valence-corrected chi connectivity index (χ4v) is 0.493. The fourth-order valence-electron chi connectivity index (χ4n) is 0.367. The second kappa shape index (κ2) is 4.09. The van der Waals surface area contributed by atoms with Crippen molar-refractivity contribution in [1.82, 2.24) is 0 Å². The number of aromatic amines is 1. The van der Waals surface area contributed by atoms with E-state index in [1.54, 1.807) is 24.5 Å². The third kappa shape index (κ3) is 2.47. The monoisotopic (exact) mass is 241 g/mol. The van der Waals surface area contributed by atoms with Crippen LogP contribution in [0.5, 0.6) is 0 Å². The maximum absolute atomic E-state index is 5.52. The predicted octanol–water partition coefficient (Wildman–Crippen LogP) is -1.84. The molecular formula is C5H5ClIN. The van der Waals surface area contributed by atoms with E-state index in [9.17, 15) is 0 Å². The molecule has 1 nitrogen and oxygen atoms in total. The fraction of sp³-hybridized carbons (Fsp3) is 0. The predicted molar refractivity (Wildman–Crippen MR) is 28.0 cm³/mol. The number of pyridine rings is 1. The smallest absolute Gasteiger partial charge is 0.168 e. The molecule has 0 amide bonds. The Bertz CT molecular complexity index is 142. The van der Waals surface area contributed by atoms with E-state index in [4.69, 9.17) is 11.6 Å². The molecule has 1 rings (SSSR count). The van der Waals surface area contributed by atoms with Gasteiger partial charge in [-0.25, -0.2) is 4.98 Å². The van der Waals surface area contributed by atoms with Crippen LogP contribution in [0.4, 0.5) is 0 Å². The van der Waals surface area contributed by atoms with Gasteiger partial charge in [-0.1, -0.05) is 11.6 Å². The molecule has 0 fully saturated rings. The summed E-state index contributed by atoms with van der Waals surface area (Å²) in [6.07, 6.45) is 3.56. The summed E-state index contributed by atoms with van der Waals surface area (Å²) < 4.78 is 0. The second-order valence-corrected chi connectivity index (χ2v) is 1.65. The zero-order valence-electron chi connectivity index (χ0n) is 4.07. The first-order valence-corrected chi connectivity index (χ1v) is 2.39. The maximum atomic E-state index is 5.52. The van der Waals surface area contributed by atoms with Crippen LogP contribution in [-0.2, 0) is 0 Å². The van der Waals surface area contributed by atoms with Gasteiger partial charge < -0.3 is 24.0 Å². The van der Waals surface area contributed by atoms with E-state index < -0.39 is 0 Å². The molecule has 0 aliphatic carbocycles. The van der Waals surface area contributed by atoms with Gasteiger partial charge in [-0.3, -0.25) is 0 Å². The van der Waals surface area contributed by atoms with Crippen LogP contribution in [0.3, 0.4) is 0 Å². The zero-order valence-corrected chi connectivity index (χ0v) is 6.98. The lowest BCUT2D eigenvalue weighted by molar-refractivity contribution is -0.377. The highest BCUT2D eigenvalue weighted by Crippen LogP contribution is 2.00. The lowest BCUT2D eigenvalue weighted by Gasteiger charge is -1.74. The molecule has 0 aliphatic rings. The molecule has 3 heteroatoms. The van der Waals surface area contributed by atoms with Crippen molar-refractivity contribution in [2.24, 2.45) is 0 Å². The largest absolute Gasteiger partial charge is 1.00 e. The Hall–Kier alpha value is 0.170. The van der Waals surface area contributed by atoms with Crippen molar-refractivity contribution in [3.05, 3.63) is 29.5 Å². The Morgan fingerprint density at radius 1 is 1.25 bits per heavy atom. The molecule has 1 aromatic rings.